The molecule has 3 rings (SSSR count). The van der Waals surface area contributed by atoms with Crippen molar-refractivity contribution in [1.29, 1.82) is 0 Å². The van der Waals surface area contributed by atoms with Gasteiger partial charge in [-0.25, -0.2) is 4.39 Å². The zero-order chi connectivity index (χ0) is 18.5. The highest BCUT2D eigenvalue weighted by molar-refractivity contribution is 5.94. The van der Waals surface area contributed by atoms with Crippen molar-refractivity contribution in [3.05, 3.63) is 69.9 Å². The normalized spacial score (nSPS) is 15.8. The summed E-state index contributed by atoms with van der Waals surface area (Å²) in [6, 6.07) is 9.46. The molecule has 1 fully saturated rings. The quantitative estimate of drug-likeness (QED) is 0.865. The summed E-state index contributed by atoms with van der Waals surface area (Å²) >= 11 is 0. The van der Waals surface area contributed by atoms with Crippen molar-refractivity contribution in [2.45, 2.75) is 32.4 Å². The molecule has 0 spiro atoms. The van der Waals surface area contributed by atoms with E-state index in [9.17, 15) is 14.0 Å². The van der Waals surface area contributed by atoms with Gasteiger partial charge < -0.3 is 9.88 Å². The van der Waals surface area contributed by atoms with Crippen LogP contribution in [0, 0.1) is 5.82 Å². The Hall–Kier alpha value is -2.47. The van der Waals surface area contributed by atoms with Crippen LogP contribution in [0.4, 0.5) is 4.39 Å². The second kappa shape index (κ2) is 8.27. The fourth-order valence-corrected chi connectivity index (χ4v) is 3.44. The summed E-state index contributed by atoms with van der Waals surface area (Å²) in [5, 5.41) is 2.87. The van der Waals surface area contributed by atoms with Gasteiger partial charge in [0.1, 0.15) is 5.82 Å². The van der Waals surface area contributed by atoms with Gasteiger partial charge in [-0.15, -0.1) is 0 Å². The molecule has 1 amide bonds. The van der Waals surface area contributed by atoms with Crippen LogP contribution in [0.25, 0.3) is 0 Å². The van der Waals surface area contributed by atoms with Crippen molar-refractivity contribution < 1.29 is 9.18 Å². The van der Waals surface area contributed by atoms with Crippen molar-refractivity contribution in [3.63, 3.8) is 0 Å². The number of amides is 1. The lowest BCUT2D eigenvalue weighted by Gasteiger charge is -2.28. The fourth-order valence-electron chi connectivity index (χ4n) is 3.44. The average molecular weight is 357 g/mol. The van der Waals surface area contributed by atoms with E-state index in [2.05, 4.69) is 10.2 Å². The Balaban J connectivity index is 1.75. The average Bonchev–Trinajstić information content (AvgIpc) is 3.17. The second-order valence-electron chi connectivity index (χ2n) is 6.53. The van der Waals surface area contributed by atoms with Crippen LogP contribution in [-0.4, -0.2) is 35.0 Å². The van der Waals surface area contributed by atoms with Crippen LogP contribution >= 0.6 is 0 Å². The van der Waals surface area contributed by atoms with Gasteiger partial charge in [0.2, 0.25) is 0 Å². The van der Waals surface area contributed by atoms with Crippen LogP contribution in [0.15, 0.2) is 47.4 Å². The minimum atomic E-state index is -0.314. The van der Waals surface area contributed by atoms with Gasteiger partial charge in [-0.2, -0.15) is 0 Å². The summed E-state index contributed by atoms with van der Waals surface area (Å²) in [6.07, 6.45) is 3.77. The lowest BCUT2D eigenvalue weighted by molar-refractivity contribution is 0.0937. The van der Waals surface area contributed by atoms with E-state index in [4.69, 9.17) is 0 Å². The Morgan fingerprint density at radius 2 is 1.96 bits per heavy atom. The monoisotopic (exact) mass is 357 g/mol. The second-order valence-corrected chi connectivity index (χ2v) is 6.53. The molecule has 1 aromatic heterocycles. The molecule has 2 heterocycles. The lowest BCUT2D eigenvalue weighted by Crippen LogP contribution is -2.37. The van der Waals surface area contributed by atoms with Gasteiger partial charge in [-0.1, -0.05) is 18.2 Å². The number of hydrogen-bond donors (Lipinski definition) is 1. The third kappa shape index (κ3) is 4.02. The summed E-state index contributed by atoms with van der Waals surface area (Å²) in [7, 11) is 0. The number of nitrogens with zero attached hydrogens (tertiary/aromatic N) is 2. The molecule has 0 bridgehead atoms. The van der Waals surface area contributed by atoms with Crippen molar-refractivity contribution in [3.8, 4) is 0 Å². The Kier molecular flexibility index (Phi) is 5.83. The van der Waals surface area contributed by atoms with E-state index in [0.29, 0.717) is 24.2 Å². The number of aryl methyl sites for hydroxylation is 1. The Bertz CT molecular complexity index is 828. The zero-order valence-electron chi connectivity index (χ0n) is 15.0. The topological polar surface area (TPSA) is 54.3 Å². The largest absolute Gasteiger partial charge is 0.350 e. The van der Waals surface area contributed by atoms with Crippen molar-refractivity contribution in [1.82, 2.24) is 14.8 Å². The predicted octanol–water partition coefficient (Wildman–Crippen LogP) is 2.57. The molecule has 5 nitrogen and oxygen atoms in total. The molecular weight excluding hydrogens is 333 g/mol. The van der Waals surface area contributed by atoms with E-state index in [1.165, 1.54) is 16.7 Å². The van der Waals surface area contributed by atoms with Crippen LogP contribution < -0.4 is 10.9 Å². The number of carbonyl (C=O) groups is 1. The number of benzene rings is 1. The van der Waals surface area contributed by atoms with Crippen LogP contribution in [0.1, 0.15) is 41.7 Å². The van der Waals surface area contributed by atoms with Gasteiger partial charge >= 0.3 is 0 Å². The van der Waals surface area contributed by atoms with E-state index in [1.54, 1.807) is 24.4 Å². The van der Waals surface area contributed by atoms with Gasteiger partial charge in [0.25, 0.3) is 11.5 Å². The minimum Gasteiger partial charge on any atom is -0.350 e. The highest BCUT2D eigenvalue weighted by Gasteiger charge is 2.26. The molecule has 1 N–H and O–H groups in total. The smallest absolute Gasteiger partial charge is 0.251 e. The summed E-state index contributed by atoms with van der Waals surface area (Å²) in [4.78, 5) is 26.6. The Labute approximate surface area is 152 Å². The summed E-state index contributed by atoms with van der Waals surface area (Å²) < 4.78 is 15.8. The SMILES string of the molecule is CCn1ccc(C(=O)NCC(c2ccccc2F)N2CCCC2)cc1=O. The summed E-state index contributed by atoms with van der Waals surface area (Å²) in [5.41, 5.74) is 0.717. The van der Waals surface area contributed by atoms with Crippen LogP contribution in [-0.2, 0) is 6.54 Å². The molecule has 1 saturated heterocycles. The number of nitrogens with one attached hydrogen (secondary N) is 1. The van der Waals surface area contributed by atoms with E-state index < -0.39 is 0 Å². The number of hydrogen-bond acceptors (Lipinski definition) is 3. The predicted molar refractivity (Wildman–Crippen MR) is 98.7 cm³/mol. The first-order valence-electron chi connectivity index (χ1n) is 9.07. The molecule has 138 valence electrons. The van der Waals surface area contributed by atoms with Crippen LogP contribution in [0.5, 0.6) is 0 Å². The highest BCUT2D eigenvalue weighted by Crippen LogP contribution is 2.26. The molecule has 2 aromatic rings. The number of halogens is 1. The maximum atomic E-state index is 14.3. The van der Waals surface area contributed by atoms with Crippen LogP contribution in [0.3, 0.4) is 0 Å². The zero-order valence-corrected chi connectivity index (χ0v) is 15.0. The molecule has 0 aliphatic carbocycles. The number of aromatic nitrogens is 1. The third-order valence-corrected chi connectivity index (χ3v) is 4.90. The molecule has 1 aromatic carbocycles. The van der Waals surface area contributed by atoms with Crippen LogP contribution in [0.2, 0.25) is 0 Å². The summed E-state index contributed by atoms with van der Waals surface area (Å²) in [6.45, 7) is 4.51. The maximum Gasteiger partial charge on any atom is 0.251 e. The van der Waals surface area contributed by atoms with Crippen molar-refractivity contribution in [2.75, 3.05) is 19.6 Å². The van der Waals surface area contributed by atoms with Crippen molar-refractivity contribution >= 4 is 5.91 Å². The third-order valence-electron chi connectivity index (χ3n) is 4.90. The van der Waals surface area contributed by atoms with Gasteiger partial charge in [0.15, 0.2) is 0 Å². The number of carbonyl (C=O) groups excluding carboxylic acids is 1. The first kappa shape index (κ1) is 18.3. The molecule has 1 aliphatic rings. The molecule has 1 aliphatic heterocycles. The van der Waals surface area contributed by atoms with E-state index in [1.807, 2.05) is 13.0 Å². The van der Waals surface area contributed by atoms with E-state index in [0.717, 1.165) is 25.9 Å². The van der Waals surface area contributed by atoms with E-state index in [-0.39, 0.29) is 23.3 Å². The van der Waals surface area contributed by atoms with Gasteiger partial charge in [-0.3, -0.25) is 14.5 Å². The lowest BCUT2D eigenvalue weighted by atomic mass is 10.0. The Morgan fingerprint density at radius 1 is 1.23 bits per heavy atom. The molecule has 0 radical (unpaired) electrons. The molecule has 6 heteroatoms. The fraction of sp³-hybridized carbons (Fsp3) is 0.400. The Morgan fingerprint density at radius 3 is 2.62 bits per heavy atom. The summed E-state index contributed by atoms with van der Waals surface area (Å²) in [5.74, 6) is -0.574. The molecule has 26 heavy (non-hydrogen) atoms. The maximum absolute atomic E-state index is 14.3. The number of likely N-dealkylation sites (tertiary alicyclic amines) is 1. The van der Waals surface area contributed by atoms with Gasteiger partial charge in [0.05, 0.1) is 6.04 Å². The first-order chi connectivity index (χ1) is 12.6. The highest BCUT2D eigenvalue weighted by atomic mass is 19.1. The molecule has 0 saturated carbocycles. The van der Waals surface area contributed by atoms with Crippen molar-refractivity contribution in [2.24, 2.45) is 0 Å². The first-order valence-corrected chi connectivity index (χ1v) is 9.07. The van der Waals surface area contributed by atoms with Gasteiger partial charge in [0, 0.05) is 36.5 Å². The molecule has 1 unspecified atom stereocenters. The number of rotatable bonds is 6. The van der Waals surface area contributed by atoms with Gasteiger partial charge in [-0.05, 0) is 45.0 Å². The van der Waals surface area contributed by atoms with E-state index >= 15 is 0 Å². The minimum absolute atomic E-state index is 0.203. The number of pyridine rings is 1. The molecule has 1 atom stereocenters. The molecular formula is C20H24FN3O2. The standard InChI is InChI=1S/C20H24FN3O2/c1-2-23-12-9-15(13-19(23)25)20(26)22-14-18(24-10-5-6-11-24)16-7-3-4-8-17(16)21/h3-4,7-9,12-13,18H,2,5-6,10-11,14H2,1H3,(H,22,26).